The summed E-state index contributed by atoms with van der Waals surface area (Å²) in [5.74, 6) is 1.67. The van der Waals surface area contributed by atoms with Crippen molar-refractivity contribution in [2.24, 2.45) is 0 Å². The number of halogens is 1. The van der Waals surface area contributed by atoms with E-state index >= 15 is 0 Å². The number of carbonyl (C=O) groups excluding carboxylic acids is 2. The van der Waals surface area contributed by atoms with Gasteiger partial charge in [0.15, 0.2) is 17.3 Å². The number of hydrogen-bond donors (Lipinski definition) is 0. The summed E-state index contributed by atoms with van der Waals surface area (Å²) >= 11 is 6.31. The molecule has 1 unspecified atom stereocenters. The maximum Gasteiger partial charge on any atom is 0.254 e. The molecule has 0 aliphatic carbocycles. The molecule has 1 atom stereocenters. The van der Waals surface area contributed by atoms with Crippen LogP contribution in [0.15, 0.2) is 54.6 Å². The summed E-state index contributed by atoms with van der Waals surface area (Å²) in [6.07, 6.45) is 1.53. The Bertz CT molecular complexity index is 1340. The fourth-order valence-corrected chi connectivity index (χ4v) is 5.02. The number of benzene rings is 2. The van der Waals surface area contributed by atoms with Gasteiger partial charge in [0, 0.05) is 43.3 Å². The van der Waals surface area contributed by atoms with Crippen LogP contribution in [-0.4, -0.2) is 77.4 Å². The third-order valence-electron chi connectivity index (χ3n) is 7.28. The monoisotopic (exact) mass is 549 g/mol. The van der Waals surface area contributed by atoms with Gasteiger partial charge in [-0.15, -0.1) is 10.2 Å². The predicted molar refractivity (Wildman–Crippen MR) is 149 cm³/mol. The zero-order valence-corrected chi connectivity index (χ0v) is 22.9. The SMILES string of the molecule is CCC(C)N(CC(=O)N1CCCN(c2ccc(-c3ccccc3Cl)nn2)CC1)C(=O)c1ccc2c(c1)OCO2. The third-order valence-corrected chi connectivity index (χ3v) is 7.61. The molecule has 0 N–H and O–H groups in total. The molecule has 0 spiro atoms. The maximum absolute atomic E-state index is 13.4. The lowest BCUT2D eigenvalue weighted by molar-refractivity contribution is -0.132. The van der Waals surface area contributed by atoms with Crippen molar-refractivity contribution in [1.82, 2.24) is 20.0 Å². The molecule has 0 radical (unpaired) electrons. The van der Waals surface area contributed by atoms with Crippen LogP contribution < -0.4 is 14.4 Å². The number of rotatable bonds is 7. The molecule has 1 saturated heterocycles. The average Bonchev–Trinajstić information content (AvgIpc) is 3.30. The summed E-state index contributed by atoms with van der Waals surface area (Å²) in [7, 11) is 0. The first-order valence-electron chi connectivity index (χ1n) is 13.3. The summed E-state index contributed by atoms with van der Waals surface area (Å²) in [5.41, 5.74) is 2.04. The average molecular weight is 550 g/mol. The number of hydrogen-bond acceptors (Lipinski definition) is 7. The zero-order chi connectivity index (χ0) is 27.4. The van der Waals surface area contributed by atoms with Gasteiger partial charge in [0.05, 0.1) is 10.7 Å². The van der Waals surface area contributed by atoms with Crippen LogP contribution in [0.3, 0.4) is 0 Å². The molecular weight excluding hydrogens is 518 g/mol. The van der Waals surface area contributed by atoms with Crippen LogP contribution in [-0.2, 0) is 4.79 Å². The lowest BCUT2D eigenvalue weighted by Gasteiger charge is -2.31. The Morgan fingerprint density at radius 2 is 1.82 bits per heavy atom. The maximum atomic E-state index is 13.4. The van der Waals surface area contributed by atoms with Crippen LogP contribution in [0, 0.1) is 0 Å². The van der Waals surface area contributed by atoms with Gasteiger partial charge in [-0.3, -0.25) is 9.59 Å². The quantitative estimate of drug-likeness (QED) is 0.428. The van der Waals surface area contributed by atoms with E-state index in [1.54, 1.807) is 23.1 Å². The molecule has 39 heavy (non-hydrogen) atoms. The van der Waals surface area contributed by atoms with E-state index < -0.39 is 0 Å². The minimum absolute atomic E-state index is 0.0224. The van der Waals surface area contributed by atoms with Crippen LogP contribution in [0.4, 0.5) is 5.82 Å². The summed E-state index contributed by atoms with van der Waals surface area (Å²) in [6.45, 7) is 6.69. The van der Waals surface area contributed by atoms with E-state index in [1.807, 2.05) is 55.1 Å². The summed E-state index contributed by atoms with van der Waals surface area (Å²) < 4.78 is 10.8. The minimum Gasteiger partial charge on any atom is -0.454 e. The highest BCUT2D eigenvalue weighted by Gasteiger charge is 2.28. The molecule has 2 aromatic carbocycles. The molecule has 2 aliphatic heterocycles. The first-order valence-corrected chi connectivity index (χ1v) is 13.6. The smallest absolute Gasteiger partial charge is 0.254 e. The Labute approximate surface area is 233 Å². The predicted octanol–water partition coefficient (Wildman–Crippen LogP) is 4.51. The number of nitrogens with zero attached hydrogens (tertiary/aromatic N) is 5. The van der Waals surface area contributed by atoms with Gasteiger partial charge < -0.3 is 24.2 Å². The van der Waals surface area contributed by atoms with Gasteiger partial charge in [-0.1, -0.05) is 36.7 Å². The van der Waals surface area contributed by atoms with Crippen molar-refractivity contribution < 1.29 is 19.1 Å². The first kappa shape index (κ1) is 26.7. The molecule has 1 fully saturated rings. The second kappa shape index (κ2) is 11.9. The van der Waals surface area contributed by atoms with Gasteiger partial charge in [-0.05, 0) is 56.2 Å². The Morgan fingerprint density at radius 3 is 2.59 bits per heavy atom. The Kier molecular flexibility index (Phi) is 8.16. The summed E-state index contributed by atoms with van der Waals surface area (Å²) in [4.78, 5) is 32.5. The lowest BCUT2D eigenvalue weighted by Crippen LogP contribution is -2.47. The molecule has 2 amide bonds. The van der Waals surface area contributed by atoms with Crippen molar-refractivity contribution in [2.45, 2.75) is 32.7 Å². The van der Waals surface area contributed by atoms with Crippen molar-refractivity contribution in [1.29, 1.82) is 0 Å². The second-order valence-electron chi connectivity index (χ2n) is 9.74. The largest absolute Gasteiger partial charge is 0.454 e. The Morgan fingerprint density at radius 1 is 1.00 bits per heavy atom. The third kappa shape index (κ3) is 5.93. The normalized spacial score (nSPS) is 15.6. The van der Waals surface area contributed by atoms with E-state index in [0.717, 1.165) is 30.8 Å². The van der Waals surface area contributed by atoms with Gasteiger partial charge >= 0.3 is 0 Å². The first-order chi connectivity index (χ1) is 18.9. The van der Waals surface area contributed by atoms with Crippen molar-refractivity contribution in [2.75, 3.05) is 44.4 Å². The number of ether oxygens (including phenoxy) is 2. The molecule has 0 bridgehead atoms. The minimum atomic E-state index is -0.193. The van der Waals surface area contributed by atoms with Gasteiger partial charge in [0.1, 0.15) is 6.54 Å². The Balaban J connectivity index is 1.23. The molecule has 2 aliphatic rings. The molecule has 204 valence electrons. The topological polar surface area (TPSA) is 88.1 Å². The summed E-state index contributed by atoms with van der Waals surface area (Å²) in [5, 5.41) is 9.46. The zero-order valence-electron chi connectivity index (χ0n) is 22.2. The van der Waals surface area contributed by atoms with Crippen molar-refractivity contribution in [3.8, 4) is 22.8 Å². The highest BCUT2D eigenvalue weighted by molar-refractivity contribution is 6.33. The van der Waals surface area contributed by atoms with E-state index in [9.17, 15) is 9.59 Å². The van der Waals surface area contributed by atoms with Crippen LogP contribution in [0.1, 0.15) is 37.0 Å². The van der Waals surface area contributed by atoms with Crippen LogP contribution in [0.5, 0.6) is 11.5 Å². The van der Waals surface area contributed by atoms with E-state index in [2.05, 4.69) is 15.1 Å². The fourth-order valence-electron chi connectivity index (χ4n) is 4.79. The van der Waals surface area contributed by atoms with Crippen LogP contribution in [0.25, 0.3) is 11.3 Å². The highest BCUT2D eigenvalue weighted by atomic mass is 35.5. The highest BCUT2D eigenvalue weighted by Crippen LogP contribution is 2.33. The molecule has 9 nitrogen and oxygen atoms in total. The van der Waals surface area contributed by atoms with Crippen LogP contribution >= 0.6 is 11.6 Å². The van der Waals surface area contributed by atoms with Gasteiger partial charge in [0.2, 0.25) is 12.7 Å². The van der Waals surface area contributed by atoms with Crippen LogP contribution in [0.2, 0.25) is 5.02 Å². The van der Waals surface area contributed by atoms with Crippen molar-refractivity contribution in [3.05, 3.63) is 65.2 Å². The molecule has 0 saturated carbocycles. The number of carbonyl (C=O) groups is 2. The van der Waals surface area contributed by atoms with E-state index in [-0.39, 0.29) is 31.2 Å². The van der Waals surface area contributed by atoms with Crippen molar-refractivity contribution in [3.63, 3.8) is 0 Å². The molecule has 10 heteroatoms. The fraction of sp³-hybridized carbons (Fsp3) is 0.379. The number of amides is 2. The van der Waals surface area contributed by atoms with E-state index in [1.165, 1.54) is 0 Å². The Hall–Kier alpha value is -3.85. The molecule has 3 heterocycles. The molecule has 3 aromatic rings. The van der Waals surface area contributed by atoms with E-state index in [0.29, 0.717) is 47.4 Å². The summed E-state index contributed by atoms with van der Waals surface area (Å²) in [6, 6.07) is 16.5. The number of anilines is 1. The number of aromatic nitrogens is 2. The lowest BCUT2D eigenvalue weighted by atomic mass is 10.1. The molecular formula is C29H32ClN5O4. The van der Waals surface area contributed by atoms with Gasteiger partial charge in [-0.2, -0.15) is 0 Å². The standard InChI is InChI=1S/C29H32ClN5O4/c1-3-20(2)35(29(37)21-9-11-25-26(17-21)39-19-38-25)18-28(36)34-14-6-13-33(15-16-34)27-12-10-24(31-32-27)22-7-4-5-8-23(22)30/h4-5,7-12,17,20H,3,6,13-16,18-19H2,1-2H3. The van der Waals surface area contributed by atoms with Crippen molar-refractivity contribution >= 4 is 29.2 Å². The van der Waals surface area contributed by atoms with E-state index in [4.69, 9.17) is 21.1 Å². The molecule has 5 rings (SSSR count). The second-order valence-corrected chi connectivity index (χ2v) is 10.1. The number of fused-ring (bicyclic) bond motifs is 1. The van der Waals surface area contributed by atoms with Gasteiger partial charge in [-0.25, -0.2) is 0 Å². The molecule has 1 aromatic heterocycles. The van der Waals surface area contributed by atoms with Gasteiger partial charge in [0.25, 0.3) is 5.91 Å².